The molecule has 0 unspecified atom stereocenters. The minimum absolute atomic E-state index is 0.207. The van der Waals surface area contributed by atoms with Gasteiger partial charge >= 0.3 is 0 Å². The second kappa shape index (κ2) is 7.88. The van der Waals surface area contributed by atoms with Crippen LogP contribution in [0.1, 0.15) is 15.9 Å². The average Bonchev–Trinajstić information content (AvgIpc) is 3.23. The van der Waals surface area contributed by atoms with Crippen LogP contribution >= 0.6 is 0 Å². The molecule has 0 saturated carbocycles. The third-order valence-corrected chi connectivity index (χ3v) is 4.33. The lowest BCUT2D eigenvalue weighted by molar-refractivity contribution is 0.0951. The highest BCUT2D eigenvalue weighted by atomic mass is 19.1. The fourth-order valence-electron chi connectivity index (χ4n) is 2.89. The summed E-state index contributed by atoms with van der Waals surface area (Å²) in [6.07, 6.45) is 1.57. The summed E-state index contributed by atoms with van der Waals surface area (Å²) >= 11 is 0. The molecule has 28 heavy (non-hydrogen) atoms. The molecule has 0 radical (unpaired) electrons. The Hall–Kier alpha value is -3.73. The van der Waals surface area contributed by atoms with Gasteiger partial charge in [-0.15, -0.1) is 0 Å². The van der Waals surface area contributed by atoms with Crippen molar-refractivity contribution < 1.29 is 13.6 Å². The maximum absolute atomic E-state index is 13.1. The van der Waals surface area contributed by atoms with E-state index in [4.69, 9.17) is 4.42 Å². The summed E-state index contributed by atoms with van der Waals surface area (Å²) in [5.74, 6) is 0.323. The van der Waals surface area contributed by atoms with Gasteiger partial charge in [0.15, 0.2) is 5.76 Å². The van der Waals surface area contributed by atoms with Crippen molar-refractivity contribution in [3.05, 3.63) is 102 Å². The van der Waals surface area contributed by atoms with E-state index in [-0.39, 0.29) is 11.7 Å². The van der Waals surface area contributed by atoms with Crippen LogP contribution in [0.25, 0.3) is 22.8 Å². The predicted octanol–water partition coefficient (Wildman–Crippen LogP) is 5.08. The van der Waals surface area contributed by atoms with Crippen LogP contribution in [0.2, 0.25) is 0 Å². The van der Waals surface area contributed by atoms with Crippen molar-refractivity contribution in [3.63, 3.8) is 0 Å². The number of oxazole rings is 1. The predicted molar refractivity (Wildman–Crippen MR) is 105 cm³/mol. The quantitative estimate of drug-likeness (QED) is 0.532. The fraction of sp³-hybridized carbons (Fsp3) is 0.0435. The molecule has 1 amide bonds. The molecule has 0 aliphatic carbocycles. The molecular weight excluding hydrogens is 355 g/mol. The Labute approximate surface area is 161 Å². The van der Waals surface area contributed by atoms with Crippen LogP contribution in [-0.2, 0) is 6.54 Å². The topological polar surface area (TPSA) is 55.1 Å². The lowest BCUT2D eigenvalue weighted by Gasteiger charge is -2.08. The van der Waals surface area contributed by atoms with E-state index < -0.39 is 0 Å². The third kappa shape index (κ3) is 3.83. The highest BCUT2D eigenvalue weighted by Crippen LogP contribution is 2.28. The van der Waals surface area contributed by atoms with Crippen LogP contribution in [-0.4, -0.2) is 10.9 Å². The van der Waals surface area contributed by atoms with E-state index in [9.17, 15) is 9.18 Å². The maximum Gasteiger partial charge on any atom is 0.252 e. The molecule has 4 aromatic rings. The number of hydrogen-bond acceptors (Lipinski definition) is 3. The van der Waals surface area contributed by atoms with E-state index in [1.165, 1.54) is 12.1 Å². The van der Waals surface area contributed by atoms with Crippen LogP contribution in [0, 0.1) is 5.82 Å². The molecule has 138 valence electrons. The van der Waals surface area contributed by atoms with Crippen molar-refractivity contribution in [3.8, 4) is 22.8 Å². The second-order valence-electron chi connectivity index (χ2n) is 6.25. The van der Waals surface area contributed by atoms with Gasteiger partial charge in [0, 0.05) is 17.7 Å². The van der Waals surface area contributed by atoms with Crippen LogP contribution in [0.3, 0.4) is 0 Å². The van der Waals surface area contributed by atoms with Crippen LogP contribution in [0.15, 0.2) is 89.5 Å². The van der Waals surface area contributed by atoms with Crippen molar-refractivity contribution >= 4 is 5.91 Å². The number of amides is 1. The van der Waals surface area contributed by atoms with Gasteiger partial charge in [-0.1, -0.05) is 42.5 Å². The van der Waals surface area contributed by atoms with E-state index in [1.807, 2.05) is 36.4 Å². The number of benzene rings is 3. The van der Waals surface area contributed by atoms with E-state index in [2.05, 4.69) is 10.3 Å². The first-order valence-electron chi connectivity index (χ1n) is 8.84. The van der Waals surface area contributed by atoms with Gasteiger partial charge in [-0.25, -0.2) is 9.37 Å². The van der Waals surface area contributed by atoms with Gasteiger partial charge in [-0.05, 0) is 42.0 Å². The van der Waals surface area contributed by atoms with Gasteiger partial charge in [0.05, 0.1) is 11.8 Å². The highest BCUT2D eigenvalue weighted by molar-refractivity contribution is 6.00. The standard InChI is InChI=1S/C23H17FN2O2/c24-18-12-10-17(11-13-18)21-15-26-23(28-21)20-9-5-4-8-19(20)22(27)25-14-16-6-2-1-3-7-16/h1-13,15H,14H2,(H,25,27). The molecule has 1 N–H and O–H groups in total. The molecule has 5 heteroatoms. The molecule has 0 bridgehead atoms. The van der Waals surface area contributed by atoms with Crippen LogP contribution in [0.4, 0.5) is 4.39 Å². The minimum Gasteiger partial charge on any atom is -0.436 e. The largest absolute Gasteiger partial charge is 0.436 e. The van der Waals surface area contributed by atoms with Gasteiger partial charge in [-0.3, -0.25) is 4.79 Å². The highest BCUT2D eigenvalue weighted by Gasteiger charge is 2.16. The summed E-state index contributed by atoms with van der Waals surface area (Å²) < 4.78 is 19.0. The Kier molecular flexibility index (Phi) is 4.97. The maximum atomic E-state index is 13.1. The Morgan fingerprint density at radius 1 is 0.929 bits per heavy atom. The smallest absolute Gasteiger partial charge is 0.252 e. The number of aromatic nitrogens is 1. The van der Waals surface area contributed by atoms with Gasteiger partial charge in [0.1, 0.15) is 5.82 Å². The average molecular weight is 372 g/mol. The molecule has 0 aliphatic heterocycles. The SMILES string of the molecule is O=C(NCc1ccccc1)c1ccccc1-c1ncc(-c2ccc(F)cc2)o1. The number of nitrogens with one attached hydrogen (secondary N) is 1. The summed E-state index contributed by atoms with van der Waals surface area (Å²) in [7, 11) is 0. The Morgan fingerprint density at radius 2 is 1.64 bits per heavy atom. The molecule has 0 fully saturated rings. The monoisotopic (exact) mass is 372 g/mol. The van der Waals surface area contributed by atoms with Crippen LogP contribution < -0.4 is 5.32 Å². The lowest BCUT2D eigenvalue weighted by Crippen LogP contribution is -2.23. The number of carbonyl (C=O) groups excluding carboxylic acids is 1. The summed E-state index contributed by atoms with van der Waals surface area (Å²) in [6, 6.07) is 22.8. The molecule has 1 heterocycles. The van der Waals surface area contributed by atoms with Gasteiger partial charge in [-0.2, -0.15) is 0 Å². The molecule has 0 atom stereocenters. The summed E-state index contributed by atoms with van der Waals surface area (Å²) in [5.41, 5.74) is 2.81. The normalized spacial score (nSPS) is 10.6. The van der Waals surface area contributed by atoms with Crippen LogP contribution in [0.5, 0.6) is 0 Å². The van der Waals surface area contributed by atoms with Gasteiger partial charge < -0.3 is 9.73 Å². The number of halogens is 1. The van der Waals surface area contributed by atoms with E-state index in [0.29, 0.717) is 34.9 Å². The first-order valence-corrected chi connectivity index (χ1v) is 8.84. The summed E-state index contributed by atoms with van der Waals surface area (Å²) in [6.45, 7) is 0.431. The van der Waals surface area contributed by atoms with Crippen molar-refractivity contribution in [2.45, 2.75) is 6.54 Å². The Balaban J connectivity index is 1.58. The zero-order valence-corrected chi connectivity index (χ0v) is 14.9. The molecule has 4 rings (SSSR count). The summed E-state index contributed by atoms with van der Waals surface area (Å²) in [5, 5.41) is 2.92. The lowest BCUT2D eigenvalue weighted by atomic mass is 10.1. The molecular formula is C23H17FN2O2. The molecule has 4 nitrogen and oxygen atoms in total. The van der Waals surface area contributed by atoms with E-state index in [1.54, 1.807) is 36.5 Å². The number of carbonyl (C=O) groups is 1. The van der Waals surface area contributed by atoms with Crippen molar-refractivity contribution in [1.29, 1.82) is 0 Å². The van der Waals surface area contributed by atoms with E-state index >= 15 is 0 Å². The van der Waals surface area contributed by atoms with Crippen molar-refractivity contribution in [1.82, 2.24) is 10.3 Å². The molecule has 3 aromatic carbocycles. The third-order valence-electron chi connectivity index (χ3n) is 4.33. The van der Waals surface area contributed by atoms with Gasteiger partial charge in [0.2, 0.25) is 5.89 Å². The first kappa shape index (κ1) is 17.7. The van der Waals surface area contributed by atoms with Crippen molar-refractivity contribution in [2.75, 3.05) is 0 Å². The Bertz CT molecular complexity index is 1090. The van der Waals surface area contributed by atoms with Gasteiger partial charge in [0.25, 0.3) is 5.91 Å². The zero-order chi connectivity index (χ0) is 19.3. The number of nitrogens with zero attached hydrogens (tertiary/aromatic N) is 1. The minimum atomic E-state index is -0.316. The van der Waals surface area contributed by atoms with E-state index in [0.717, 1.165) is 5.56 Å². The molecule has 1 aromatic heterocycles. The molecule has 0 aliphatic rings. The van der Waals surface area contributed by atoms with Crippen molar-refractivity contribution in [2.24, 2.45) is 0 Å². The Morgan fingerprint density at radius 3 is 2.43 bits per heavy atom. The first-order chi connectivity index (χ1) is 13.7. The fourth-order valence-corrected chi connectivity index (χ4v) is 2.89. The molecule has 0 saturated heterocycles. The second-order valence-corrected chi connectivity index (χ2v) is 6.25. The number of hydrogen-bond donors (Lipinski definition) is 1. The summed E-state index contributed by atoms with van der Waals surface area (Å²) in [4.78, 5) is 17.0. The zero-order valence-electron chi connectivity index (χ0n) is 14.9. The number of rotatable bonds is 5. The molecule has 0 spiro atoms.